The Morgan fingerprint density at radius 1 is 1.17 bits per heavy atom. The van der Waals surface area contributed by atoms with Crippen LogP contribution in [0.2, 0.25) is 0 Å². The van der Waals surface area contributed by atoms with Crippen LogP contribution < -0.4 is 0 Å². The molecule has 2 aliphatic rings. The number of hydrogen-bond donors (Lipinski definition) is 2. The molecular weight excluding hydrogens is 232 g/mol. The average molecular weight is 254 g/mol. The molecule has 2 fully saturated rings. The second-order valence-electron chi connectivity index (χ2n) is 6.45. The van der Waals surface area contributed by atoms with E-state index in [1.54, 1.807) is 13.8 Å². The lowest BCUT2D eigenvalue weighted by molar-refractivity contribution is -0.210. The van der Waals surface area contributed by atoms with E-state index in [2.05, 4.69) is 6.58 Å². The highest BCUT2D eigenvalue weighted by Crippen LogP contribution is 2.50. The van der Waals surface area contributed by atoms with Crippen molar-refractivity contribution in [2.45, 2.75) is 69.2 Å². The molecule has 0 spiro atoms. The minimum atomic E-state index is -0.907. The molecule has 0 aliphatic heterocycles. The summed E-state index contributed by atoms with van der Waals surface area (Å²) in [5.74, 6) is -0.454. The number of carbonyl (C=O) groups excluding carboxylic acids is 1. The van der Waals surface area contributed by atoms with Crippen LogP contribution in [0.5, 0.6) is 0 Å². The standard InChI is InChI=1S/C14H22O4/c1-10(2)11(15)18-12(3)7-13(16)5-4-6-14(17,8-12)9-13/h16-17H,1,4-9H2,2-3H3. The van der Waals surface area contributed by atoms with Crippen molar-refractivity contribution in [2.75, 3.05) is 0 Å². The molecule has 2 atom stereocenters. The van der Waals surface area contributed by atoms with E-state index in [1.165, 1.54) is 0 Å². The molecule has 0 saturated heterocycles. The first-order valence-corrected chi connectivity index (χ1v) is 6.49. The predicted octanol–water partition coefficient (Wildman–Crippen LogP) is 1.69. The van der Waals surface area contributed by atoms with E-state index in [0.29, 0.717) is 37.7 Å². The van der Waals surface area contributed by atoms with Crippen LogP contribution in [0, 0.1) is 0 Å². The number of carbonyl (C=O) groups is 1. The van der Waals surface area contributed by atoms with Gasteiger partial charge in [0.25, 0.3) is 0 Å². The fourth-order valence-corrected chi connectivity index (χ4v) is 3.68. The van der Waals surface area contributed by atoms with E-state index >= 15 is 0 Å². The number of esters is 1. The number of aliphatic hydroxyl groups is 2. The smallest absolute Gasteiger partial charge is 0.333 e. The minimum Gasteiger partial charge on any atom is -0.456 e. The van der Waals surface area contributed by atoms with Crippen molar-refractivity contribution in [3.63, 3.8) is 0 Å². The zero-order valence-corrected chi connectivity index (χ0v) is 11.2. The second-order valence-corrected chi connectivity index (χ2v) is 6.45. The van der Waals surface area contributed by atoms with Crippen LogP contribution >= 0.6 is 0 Å². The summed E-state index contributed by atoms with van der Waals surface area (Å²) in [6, 6.07) is 0. The van der Waals surface area contributed by atoms with Gasteiger partial charge in [-0.1, -0.05) is 6.58 Å². The average Bonchev–Trinajstić information content (AvgIpc) is 2.11. The lowest BCUT2D eigenvalue weighted by atomic mass is 9.61. The molecule has 2 saturated carbocycles. The lowest BCUT2D eigenvalue weighted by Gasteiger charge is -2.53. The Kier molecular flexibility index (Phi) is 3.06. The van der Waals surface area contributed by atoms with Crippen LogP contribution in [0.1, 0.15) is 52.4 Å². The summed E-state index contributed by atoms with van der Waals surface area (Å²) in [6.07, 6.45) is 3.31. The molecule has 2 N–H and O–H groups in total. The van der Waals surface area contributed by atoms with E-state index in [0.717, 1.165) is 6.42 Å². The van der Waals surface area contributed by atoms with Crippen molar-refractivity contribution < 1.29 is 19.7 Å². The second kappa shape index (κ2) is 4.07. The molecule has 2 rings (SSSR count). The maximum Gasteiger partial charge on any atom is 0.333 e. The quantitative estimate of drug-likeness (QED) is 0.581. The Balaban J connectivity index is 2.19. The van der Waals surface area contributed by atoms with Gasteiger partial charge < -0.3 is 14.9 Å². The minimum absolute atomic E-state index is 0.339. The van der Waals surface area contributed by atoms with Crippen LogP contribution in [0.25, 0.3) is 0 Å². The van der Waals surface area contributed by atoms with Gasteiger partial charge in [0.1, 0.15) is 5.60 Å². The summed E-state index contributed by atoms with van der Waals surface area (Å²) in [7, 11) is 0. The maximum absolute atomic E-state index is 11.7. The SMILES string of the molecule is C=C(C)C(=O)OC1(C)CC2(O)CCCC(O)(C2)C1. The molecule has 18 heavy (non-hydrogen) atoms. The normalized spacial score (nSPS) is 43.3. The first-order chi connectivity index (χ1) is 8.16. The fraction of sp³-hybridized carbons (Fsp3) is 0.786. The van der Waals surface area contributed by atoms with Crippen molar-refractivity contribution >= 4 is 5.97 Å². The lowest BCUT2D eigenvalue weighted by Crippen LogP contribution is -2.59. The Morgan fingerprint density at radius 2 is 1.67 bits per heavy atom. The van der Waals surface area contributed by atoms with Crippen molar-refractivity contribution in [1.82, 2.24) is 0 Å². The van der Waals surface area contributed by atoms with Crippen LogP contribution in [0.3, 0.4) is 0 Å². The summed E-state index contributed by atoms with van der Waals surface area (Å²) < 4.78 is 5.45. The molecule has 0 heterocycles. The highest BCUT2D eigenvalue weighted by atomic mass is 16.6. The van der Waals surface area contributed by atoms with Crippen LogP contribution in [-0.2, 0) is 9.53 Å². The van der Waals surface area contributed by atoms with Gasteiger partial charge in [-0.2, -0.15) is 0 Å². The molecule has 0 aromatic rings. The largest absolute Gasteiger partial charge is 0.456 e. The van der Waals surface area contributed by atoms with E-state index in [-0.39, 0.29) is 0 Å². The van der Waals surface area contributed by atoms with Crippen molar-refractivity contribution in [2.24, 2.45) is 0 Å². The Hall–Kier alpha value is -0.870. The van der Waals surface area contributed by atoms with Gasteiger partial charge in [-0.05, 0) is 33.1 Å². The first-order valence-electron chi connectivity index (χ1n) is 6.49. The topological polar surface area (TPSA) is 66.8 Å². The Labute approximate surface area is 108 Å². The number of ether oxygens (including phenoxy) is 1. The fourth-order valence-electron chi connectivity index (χ4n) is 3.68. The van der Waals surface area contributed by atoms with E-state index in [1.807, 2.05) is 0 Å². The van der Waals surface area contributed by atoms with Gasteiger partial charge >= 0.3 is 5.97 Å². The molecule has 0 aromatic heterocycles. The summed E-state index contributed by atoms with van der Waals surface area (Å²) in [4.78, 5) is 11.7. The van der Waals surface area contributed by atoms with E-state index in [9.17, 15) is 15.0 Å². The summed E-state index contributed by atoms with van der Waals surface area (Å²) >= 11 is 0. The highest BCUT2D eigenvalue weighted by Gasteiger charge is 2.55. The van der Waals surface area contributed by atoms with Crippen LogP contribution in [0.15, 0.2) is 12.2 Å². The Bertz CT molecular complexity index is 371. The molecule has 4 heteroatoms. The van der Waals surface area contributed by atoms with Gasteiger partial charge in [-0.15, -0.1) is 0 Å². The number of fused-ring (bicyclic) bond motifs is 2. The molecule has 2 unspecified atom stereocenters. The van der Waals surface area contributed by atoms with Gasteiger partial charge in [0.2, 0.25) is 0 Å². The molecule has 4 nitrogen and oxygen atoms in total. The maximum atomic E-state index is 11.7. The van der Waals surface area contributed by atoms with E-state index < -0.39 is 22.8 Å². The van der Waals surface area contributed by atoms with Gasteiger partial charge in [-0.25, -0.2) is 4.79 Å². The number of hydrogen-bond acceptors (Lipinski definition) is 4. The van der Waals surface area contributed by atoms with Crippen molar-refractivity contribution in [1.29, 1.82) is 0 Å². The third kappa shape index (κ3) is 2.59. The van der Waals surface area contributed by atoms with Crippen LogP contribution in [-0.4, -0.2) is 33.0 Å². The molecule has 2 aliphatic carbocycles. The molecule has 2 bridgehead atoms. The van der Waals surface area contributed by atoms with Crippen molar-refractivity contribution in [3.05, 3.63) is 12.2 Å². The molecule has 102 valence electrons. The van der Waals surface area contributed by atoms with Gasteiger partial charge in [0.15, 0.2) is 0 Å². The summed E-state index contributed by atoms with van der Waals surface area (Å²) in [5.41, 5.74) is -2.28. The predicted molar refractivity (Wildman–Crippen MR) is 66.9 cm³/mol. The van der Waals surface area contributed by atoms with Crippen molar-refractivity contribution in [3.8, 4) is 0 Å². The van der Waals surface area contributed by atoms with Crippen LogP contribution in [0.4, 0.5) is 0 Å². The first kappa shape index (κ1) is 13.6. The monoisotopic (exact) mass is 254 g/mol. The zero-order valence-electron chi connectivity index (χ0n) is 11.2. The highest BCUT2D eigenvalue weighted by molar-refractivity contribution is 5.87. The third-order valence-corrected chi connectivity index (χ3v) is 4.04. The van der Waals surface area contributed by atoms with Gasteiger partial charge in [0, 0.05) is 24.8 Å². The molecule has 0 aromatic carbocycles. The van der Waals surface area contributed by atoms with Gasteiger partial charge in [0.05, 0.1) is 11.2 Å². The zero-order chi connectivity index (χ0) is 13.6. The molecule has 0 radical (unpaired) electrons. The third-order valence-electron chi connectivity index (χ3n) is 4.04. The molecule has 0 amide bonds. The molecular formula is C14H22O4. The number of rotatable bonds is 2. The Morgan fingerprint density at radius 3 is 2.11 bits per heavy atom. The summed E-state index contributed by atoms with van der Waals surface area (Å²) in [5, 5.41) is 21.0. The van der Waals surface area contributed by atoms with Gasteiger partial charge in [-0.3, -0.25) is 0 Å². The summed E-state index contributed by atoms with van der Waals surface area (Å²) in [6.45, 7) is 6.94. The van der Waals surface area contributed by atoms with E-state index in [4.69, 9.17) is 4.74 Å².